The predicted molar refractivity (Wildman–Crippen MR) is 142 cm³/mol. The summed E-state index contributed by atoms with van der Waals surface area (Å²) in [5.74, 6) is -0.138. The molecule has 5 heteroatoms. The predicted octanol–water partition coefficient (Wildman–Crippen LogP) is 7.88. The van der Waals surface area contributed by atoms with Gasteiger partial charge in [-0.25, -0.2) is 0 Å². The summed E-state index contributed by atoms with van der Waals surface area (Å²) >= 11 is 0. The van der Waals surface area contributed by atoms with E-state index in [1.54, 1.807) is 0 Å². The molecule has 0 heterocycles. The molecule has 0 saturated heterocycles. The van der Waals surface area contributed by atoms with E-state index in [0.29, 0.717) is 13.2 Å². The van der Waals surface area contributed by atoms with Crippen molar-refractivity contribution in [2.24, 2.45) is 5.41 Å². The molecule has 0 radical (unpaired) electrons. The average molecular weight is 487 g/mol. The van der Waals surface area contributed by atoms with Crippen LogP contribution in [0, 0.1) is 5.41 Å². The fraction of sp³-hybridized carbons (Fsp3) is 0.966. The first-order valence-corrected chi connectivity index (χ1v) is 14.3. The number of carbonyl (C=O) groups is 1. The molecule has 0 rings (SSSR count). The molecule has 0 bridgehead atoms. The van der Waals surface area contributed by atoms with Gasteiger partial charge in [0, 0.05) is 6.61 Å². The lowest BCUT2D eigenvalue weighted by atomic mass is 9.85. The molecule has 0 spiro atoms. The van der Waals surface area contributed by atoms with Gasteiger partial charge in [-0.05, 0) is 47.0 Å². The maximum atomic E-state index is 12.3. The van der Waals surface area contributed by atoms with E-state index in [4.69, 9.17) is 18.9 Å². The molecular weight excluding hydrogens is 428 g/mol. The van der Waals surface area contributed by atoms with Crippen LogP contribution in [0.15, 0.2) is 0 Å². The highest BCUT2D eigenvalue weighted by Crippen LogP contribution is 2.27. The van der Waals surface area contributed by atoms with E-state index in [1.807, 2.05) is 34.6 Å². The molecule has 0 saturated carbocycles. The topological polar surface area (TPSA) is 54.0 Å². The Morgan fingerprint density at radius 1 is 0.618 bits per heavy atom. The van der Waals surface area contributed by atoms with Gasteiger partial charge in [0.05, 0.1) is 36.9 Å². The minimum Gasteiger partial charge on any atom is -0.463 e. The normalized spacial score (nSPS) is 14.7. The van der Waals surface area contributed by atoms with Crippen molar-refractivity contribution in [1.29, 1.82) is 0 Å². The third-order valence-electron chi connectivity index (χ3n) is 6.88. The molecule has 0 aromatic heterocycles. The Morgan fingerprint density at radius 2 is 1.03 bits per heavy atom. The zero-order valence-electron chi connectivity index (χ0n) is 23.8. The highest BCUT2D eigenvalue weighted by atomic mass is 16.6. The number of rotatable bonds is 24. The van der Waals surface area contributed by atoms with E-state index in [-0.39, 0.29) is 30.9 Å². The summed E-state index contributed by atoms with van der Waals surface area (Å²) in [5.41, 5.74) is -0.403. The van der Waals surface area contributed by atoms with Crippen LogP contribution in [-0.4, -0.2) is 50.7 Å². The van der Waals surface area contributed by atoms with Gasteiger partial charge >= 0.3 is 5.97 Å². The van der Waals surface area contributed by atoms with Gasteiger partial charge in [0.25, 0.3) is 0 Å². The Bertz CT molecular complexity index is 463. The van der Waals surface area contributed by atoms with Gasteiger partial charge in [0.1, 0.15) is 6.61 Å². The van der Waals surface area contributed by atoms with Gasteiger partial charge in [0.2, 0.25) is 0 Å². The van der Waals surface area contributed by atoms with Crippen LogP contribution in [0.3, 0.4) is 0 Å². The number of hydrogen-bond acceptors (Lipinski definition) is 5. The zero-order valence-corrected chi connectivity index (χ0v) is 23.8. The Labute approximate surface area is 212 Å². The molecule has 0 aliphatic carbocycles. The summed E-state index contributed by atoms with van der Waals surface area (Å²) in [7, 11) is 0. The van der Waals surface area contributed by atoms with Gasteiger partial charge in [-0.15, -0.1) is 0 Å². The Morgan fingerprint density at radius 3 is 1.50 bits per heavy atom. The Hall–Kier alpha value is -0.650. The minimum absolute atomic E-state index is 0.0253. The van der Waals surface area contributed by atoms with Crippen molar-refractivity contribution < 1.29 is 23.7 Å². The molecule has 3 atom stereocenters. The lowest BCUT2D eigenvalue weighted by Crippen LogP contribution is -2.32. The van der Waals surface area contributed by atoms with Crippen molar-refractivity contribution in [2.75, 3.05) is 26.4 Å². The lowest BCUT2D eigenvalue weighted by Gasteiger charge is -2.25. The molecular formula is C29H58O5. The number of esters is 1. The smallest absolute Gasteiger partial charge is 0.311 e. The molecule has 5 nitrogen and oxygen atoms in total. The standard InChI is InChI=1S/C29H58O5/c1-8-11-12-13-14-15-16-17-18-19-20-21-31-25(4)22-32-26(5)23-33-27(6)24-34-28(30)29(7,9-2)10-3/h25-27H,8-24H2,1-7H3. The average Bonchev–Trinajstić information content (AvgIpc) is 2.84. The highest BCUT2D eigenvalue weighted by Gasteiger charge is 2.31. The van der Waals surface area contributed by atoms with E-state index in [0.717, 1.165) is 25.9 Å². The van der Waals surface area contributed by atoms with E-state index in [1.165, 1.54) is 64.2 Å². The molecule has 34 heavy (non-hydrogen) atoms. The van der Waals surface area contributed by atoms with Crippen LogP contribution in [0.4, 0.5) is 0 Å². The number of unbranched alkanes of at least 4 members (excludes halogenated alkanes) is 10. The second-order valence-electron chi connectivity index (χ2n) is 10.4. The van der Waals surface area contributed by atoms with Crippen molar-refractivity contribution in [3.8, 4) is 0 Å². The van der Waals surface area contributed by atoms with Crippen LogP contribution in [0.5, 0.6) is 0 Å². The quantitative estimate of drug-likeness (QED) is 0.103. The van der Waals surface area contributed by atoms with E-state index >= 15 is 0 Å². The summed E-state index contributed by atoms with van der Waals surface area (Å²) in [6.45, 7) is 16.4. The molecule has 0 amide bonds. The first-order valence-electron chi connectivity index (χ1n) is 14.3. The van der Waals surface area contributed by atoms with E-state index < -0.39 is 5.41 Å². The van der Waals surface area contributed by atoms with Gasteiger partial charge in [0.15, 0.2) is 0 Å². The van der Waals surface area contributed by atoms with E-state index in [9.17, 15) is 4.79 Å². The largest absolute Gasteiger partial charge is 0.463 e. The van der Waals surface area contributed by atoms with E-state index in [2.05, 4.69) is 13.8 Å². The number of hydrogen-bond donors (Lipinski definition) is 0. The van der Waals surface area contributed by atoms with Crippen molar-refractivity contribution in [1.82, 2.24) is 0 Å². The van der Waals surface area contributed by atoms with Crippen LogP contribution in [0.25, 0.3) is 0 Å². The third-order valence-corrected chi connectivity index (χ3v) is 6.88. The Balaban J connectivity index is 3.64. The summed E-state index contributed by atoms with van der Waals surface area (Å²) in [4.78, 5) is 12.3. The Kier molecular flexibility index (Phi) is 21.2. The maximum absolute atomic E-state index is 12.3. The first kappa shape index (κ1) is 33.4. The number of carbonyl (C=O) groups excluding carboxylic acids is 1. The minimum atomic E-state index is -0.403. The third kappa shape index (κ3) is 17.7. The molecule has 0 aliphatic heterocycles. The van der Waals surface area contributed by atoms with Crippen molar-refractivity contribution in [3.63, 3.8) is 0 Å². The molecule has 0 aliphatic rings. The van der Waals surface area contributed by atoms with Crippen molar-refractivity contribution >= 4 is 5.97 Å². The number of ether oxygens (including phenoxy) is 4. The second-order valence-corrected chi connectivity index (χ2v) is 10.4. The molecule has 0 fully saturated rings. The van der Waals surface area contributed by atoms with Gasteiger partial charge in [-0.3, -0.25) is 4.79 Å². The molecule has 0 aromatic carbocycles. The van der Waals surface area contributed by atoms with Crippen LogP contribution >= 0.6 is 0 Å². The van der Waals surface area contributed by atoms with Gasteiger partial charge in [-0.2, -0.15) is 0 Å². The fourth-order valence-corrected chi connectivity index (χ4v) is 3.70. The SMILES string of the molecule is CCCCCCCCCCCCCOC(C)COC(C)COC(C)COC(=O)C(C)(CC)CC. The lowest BCUT2D eigenvalue weighted by molar-refractivity contribution is -0.160. The highest BCUT2D eigenvalue weighted by molar-refractivity contribution is 5.76. The van der Waals surface area contributed by atoms with Crippen LogP contribution in [-0.2, 0) is 23.7 Å². The second kappa shape index (κ2) is 21.6. The maximum Gasteiger partial charge on any atom is 0.311 e. The summed E-state index contributed by atoms with van der Waals surface area (Å²) in [6.07, 6.45) is 16.3. The first-order chi connectivity index (χ1) is 16.3. The molecule has 3 unspecified atom stereocenters. The van der Waals surface area contributed by atoms with Crippen LogP contribution < -0.4 is 0 Å². The summed E-state index contributed by atoms with van der Waals surface area (Å²) in [6, 6.07) is 0. The zero-order chi connectivity index (χ0) is 25.7. The van der Waals surface area contributed by atoms with Gasteiger partial charge in [-0.1, -0.05) is 85.0 Å². The monoisotopic (exact) mass is 486 g/mol. The van der Waals surface area contributed by atoms with Gasteiger partial charge < -0.3 is 18.9 Å². The summed E-state index contributed by atoms with van der Waals surface area (Å²) in [5, 5.41) is 0. The molecule has 0 aromatic rings. The molecule has 204 valence electrons. The molecule has 0 N–H and O–H groups in total. The summed E-state index contributed by atoms with van der Waals surface area (Å²) < 4.78 is 23.0. The van der Waals surface area contributed by atoms with Crippen molar-refractivity contribution in [2.45, 2.75) is 150 Å². The fourth-order valence-electron chi connectivity index (χ4n) is 3.70. The van der Waals surface area contributed by atoms with Crippen LogP contribution in [0.1, 0.15) is 132 Å². The van der Waals surface area contributed by atoms with Crippen molar-refractivity contribution in [3.05, 3.63) is 0 Å². The van der Waals surface area contributed by atoms with Crippen LogP contribution in [0.2, 0.25) is 0 Å².